The average Bonchev–Trinajstić information content (AvgIpc) is 2.67. The van der Waals surface area contributed by atoms with Gasteiger partial charge >= 0.3 is 0 Å². The van der Waals surface area contributed by atoms with E-state index in [2.05, 4.69) is 10.3 Å². The van der Waals surface area contributed by atoms with E-state index in [0.29, 0.717) is 11.4 Å². The SMILES string of the molecule is CC(=O)c1ccc(S(=O)(=O)N(C)CC(=O)NCc2ccc(OC(C)C)nc2)cc1. The van der Waals surface area contributed by atoms with Crippen molar-refractivity contribution in [1.29, 1.82) is 0 Å². The molecule has 29 heavy (non-hydrogen) atoms. The maximum absolute atomic E-state index is 12.6. The van der Waals surface area contributed by atoms with E-state index >= 15 is 0 Å². The number of sulfonamides is 1. The number of nitrogens with zero attached hydrogens (tertiary/aromatic N) is 2. The summed E-state index contributed by atoms with van der Waals surface area (Å²) in [5.74, 6) is -0.101. The molecule has 9 heteroatoms. The summed E-state index contributed by atoms with van der Waals surface area (Å²) in [4.78, 5) is 27.6. The van der Waals surface area contributed by atoms with Gasteiger partial charge in [0.05, 0.1) is 17.5 Å². The lowest BCUT2D eigenvalue weighted by atomic mass is 10.2. The number of pyridine rings is 1. The number of nitrogens with one attached hydrogen (secondary N) is 1. The summed E-state index contributed by atoms with van der Waals surface area (Å²) in [7, 11) is -2.52. The van der Waals surface area contributed by atoms with Crippen molar-refractivity contribution in [3.63, 3.8) is 0 Å². The smallest absolute Gasteiger partial charge is 0.243 e. The first-order valence-electron chi connectivity index (χ1n) is 9.05. The van der Waals surface area contributed by atoms with Crippen LogP contribution in [0.15, 0.2) is 47.5 Å². The van der Waals surface area contributed by atoms with Crippen LogP contribution in [0.2, 0.25) is 0 Å². The molecule has 1 amide bonds. The summed E-state index contributed by atoms with van der Waals surface area (Å²) < 4.78 is 31.6. The summed E-state index contributed by atoms with van der Waals surface area (Å²) in [6, 6.07) is 9.09. The van der Waals surface area contributed by atoms with Gasteiger partial charge in [0, 0.05) is 31.4 Å². The predicted molar refractivity (Wildman–Crippen MR) is 108 cm³/mol. The predicted octanol–water partition coefficient (Wildman–Crippen LogP) is 2.01. The van der Waals surface area contributed by atoms with E-state index in [1.165, 1.54) is 38.2 Å². The average molecular weight is 420 g/mol. The van der Waals surface area contributed by atoms with Crippen LogP contribution in [0.1, 0.15) is 36.7 Å². The first-order valence-corrected chi connectivity index (χ1v) is 10.5. The van der Waals surface area contributed by atoms with Gasteiger partial charge in [0.25, 0.3) is 0 Å². The minimum absolute atomic E-state index is 0.0164. The second kappa shape index (κ2) is 9.62. The highest BCUT2D eigenvalue weighted by Gasteiger charge is 2.23. The number of carbonyl (C=O) groups excluding carboxylic acids is 2. The van der Waals surface area contributed by atoms with Crippen LogP contribution in [-0.2, 0) is 21.4 Å². The van der Waals surface area contributed by atoms with E-state index in [1.807, 2.05) is 13.8 Å². The van der Waals surface area contributed by atoms with Crippen molar-refractivity contribution in [2.45, 2.75) is 38.3 Å². The van der Waals surface area contributed by atoms with Gasteiger partial charge in [0.2, 0.25) is 21.8 Å². The molecular formula is C20H25N3O5S. The van der Waals surface area contributed by atoms with Crippen molar-refractivity contribution in [1.82, 2.24) is 14.6 Å². The third-order valence-corrected chi connectivity index (χ3v) is 5.80. The molecule has 0 spiro atoms. The number of ketones is 1. The van der Waals surface area contributed by atoms with Gasteiger partial charge in [-0.25, -0.2) is 13.4 Å². The quantitative estimate of drug-likeness (QED) is 0.623. The second-order valence-corrected chi connectivity index (χ2v) is 8.83. The standard InChI is InChI=1S/C20H25N3O5S/c1-14(2)28-20-10-5-16(12-22-20)11-21-19(25)13-23(4)29(26,27)18-8-6-17(7-9-18)15(3)24/h5-10,12,14H,11,13H2,1-4H3,(H,21,25). The minimum atomic E-state index is -3.84. The number of ether oxygens (including phenoxy) is 1. The fraction of sp³-hybridized carbons (Fsp3) is 0.350. The Balaban J connectivity index is 1.92. The van der Waals surface area contributed by atoms with Gasteiger partial charge in [-0.15, -0.1) is 0 Å². The number of likely N-dealkylation sites (N-methyl/N-ethyl adjacent to an activating group) is 1. The molecule has 0 saturated carbocycles. The van der Waals surface area contributed by atoms with E-state index in [9.17, 15) is 18.0 Å². The molecule has 0 aliphatic heterocycles. The lowest BCUT2D eigenvalue weighted by Crippen LogP contribution is -2.38. The van der Waals surface area contributed by atoms with Crippen LogP contribution < -0.4 is 10.1 Å². The first kappa shape index (κ1) is 22.5. The molecule has 0 bridgehead atoms. The van der Waals surface area contributed by atoms with Crippen molar-refractivity contribution in [2.75, 3.05) is 13.6 Å². The van der Waals surface area contributed by atoms with Gasteiger partial charge in [-0.1, -0.05) is 18.2 Å². The van der Waals surface area contributed by atoms with Gasteiger partial charge in [-0.3, -0.25) is 9.59 Å². The zero-order valence-corrected chi connectivity index (χ0v) is 17.7. The van der Waals surface area contributed by atoms with Gasteiger partial charge in [-0.05, 0) is 38.5 Å². The van der Waals surface area contributed by atoms with Gasteiger partial charge in [-0.2, -0.15) is 4.31 Å². The Hall–Kier alpha value is -2.78. The lowest BCUT2D eigenvalue weighted by Gasteiger charge is -2.17. The maximum Gasteiger partial charge on any atom is 0.243 e. The third kappa shape index (κ3) is 6.37. The van der Waals surface area contributed by atoms with Crippen molar-refractivity contribution in [3.8, 4) is 5.88 Å². The topological polar surface area (TPSA) is 106 Å². The summed E-state index contributed by atoms with van der Waals surface area (Å²) in [5, 5.41) is 2.67. The van der Waals surface area contributed by atoms with Crippen molar-refractivity contribution >= 4 is 21.7 Å². The Morgan fingerprint density at radius 3 is 2.31 bits per heavy atom. The number of benzene rings is 1. The van der Waals surface area contributed by atoms with Crippen LogP contribution in [0.4, 0.5) is 0 Å². The molecule has 8 nitrogen and oxygen atoms in total. The molecule has 0 radical (unpaired) electrons. The zero-order valence-electron chi connectivity index (χ0n) is 16.9. The van der Waals surface area contributed by atoms with E-state index in [0.717, 1.165) is 9.87 Å². The number of amides is 1. The van der Waals surface area contributed by atoms with E-state index in [-0.39, 0.29) is 29.9 Å². The van der Waals surface area contributed by atoms with Crippen LogP contribution in [0.25, 0.3) is 0 Å². The van der Waals surface area contributed by atoms with E-state index < -0.39 is 15.9 Å². The number of rotatable bonds is 9. The molecule has 156 valence electrons. The molecule has 1 N–H and O–H groups in total. The van der Waals surface area contributed by atoms with Crippen molar-refractivity contribution in [3.05, 3.63) is 53.7 Å². The fourth-order valence-corrected chi connectivity index (χ4v) is 3.54. The van der Waals surface area contributed by atoms with Crippen molar-refractivity contribution in [2.24, 2.45) is 0 Å². The Labute approximate surface area is 170 Å². The van der Waals surface area contributed by atoms with E-state index in [4.69, 9.17) is 4.74 Å². The second-order valence-electron chi connectivity index (χ2n) is 6.79. The fourth-order valence-electron chi connectivity index (χ4n) is 2.41. The zero-order chi connectivity index (χ0) is 21.6. The molecular weight excluding hydrogens is 394 g/mol. The van der Waals surface area contributed by atoms with Crippen LogP contribution in [0.3, 0.4) is 0 Å². The Morgan fingerprint density at radius 2 is 1.79 bits per heavy atom. The Kier molecular flexibility index (Phi) is 7.46. The minimum Gasteiger partial charge on any atom is -0.475 e. The van der Waals surface area contributed by atoms with Crippen LogP contribution in [0, 0.1) is 0 Å². The van der Waals surface area contributed by atoms with Gasteiger partial charge in [0.1, 0.15) is 0 Å². The summed E-state index contributed by atoms with van der Waals surface area (Å²) >= 11 is 0. The first-order chi connectivity index (χ1) is 13.6. The van der Waals surface area contributed by atoms with Crippen LogP contribution >= 0.6 is 0 Å². The van der Waals surface area contributed by atoms with Crippen LogP contribution in [0.5, 0.6) is 5.88 Å². The lowest BCUT2D eigenvalue weighted by molar-refractivity contribution is -0.121. The summed E-state index contributed by atoms with van der Waals surface area (Å²) in [6.07, 6.45) is 1.61. The molecule has 2 aromatic rings. The highest BCUT2D eigenvalue weighted by atomic mass is 32.2. The number of aromatic nitrogens is 1. The molecule has 0 atom stereocenters. The molecule has 2 rings (SSSR count). The molecule has 1 aromatic carbocycles. The monoisotopic (exact) mass is 419 g/mol. The summed E-state index contributed by atoms with van der Waals surface area (Å²) in [5.41, 5.74) is 1.18. The largest absolute Gasteiger partial charge is 0.475 e. The van der Waals surface area contributed by atoms with Gasteiger partial charge < -0.3 is 10.1 Å². The van der Waals surface area contributed by atoms with E-state index in [1.54, 1.807) is 18.3 Å². The molecule has 0 unspecified atom stereocenters. The normalized spacial score (nSPS) is 11.5. The van der Waals surface area contributed by atoms with Gasteiger partial charge in [0.15, 0.2) is 5.78 Å². The highest BCUT2D eigenvalue weighted by molar-refractivity contribution is 7.89. The summed E-state index contributed by atoms with van der Waals surface area (Å²) in [6.45, 7) is 5.09. The molecule has 1 aromatic heterocycles. The maximum atomic E-state index is 12.6. The third-order valence-electron chi connectivity index (χ3n) is 3.98. The van der Waals surface area contributed by atoms with Crippen LogP contribution in [-0.4, -0.2) is 49.1 Å². The highest BCUT2D eigenvalue weighted by Crippen LogP contribution is 2.15. The number of carbonyl (C=O) groups is 2. The van der Waals surface area contributed by atoms with Crippen molar-refractivity contribution < 1.29 is 22.7 Å². The molecule has 0 aliphatic carbocycles. The number of Topliss-reactive ketones (excluding diaryl/α,β-unsaturated/α-hetero) is 1. The molecule has 1 heterocycles. The molecule has 0 aliphatic rings. The Bertz CT molecular complexity index is 955. The molecule has 0 fully saturated rings. The number of hydrogen-bond acceptors (Lipinski definition) is 6. The Morgan fingerprint density at radius 1 is 1.14 bits per heavy atom. The number of hydrogen-bond donors (Lipinski definition) is 1. The molecule has 0 saturated heterocycles.